The van der Waals surface area contributed by atoms with Crippen molar-refractivity contribution in [2.75, 3.05) is 12.5 Å². The van der Waals surface area contributed by atoms with Crippen molar-refractivity contribution < 1.29 is 9.47 Å². The number of pyridine rings is 1. The van der Waals surface area contributed by atoms with Crippen LogP contribution in [-0.2, 0) is 6.54 Å². The molecule has 2 heterocycles. The molecule has 0 aliphatic rings. The van der Waals surface area contributed by atoms with Gasteiger partial charge < -0.3 is 14.9 Å². The highest BCUT2D eigenvalue weighted by Crippen LogP contribution is 2.34. The Morgan fingerprint density at radius 3 is 2.67 bits per heavy atom. The fraction of sp³-hybridized carbons (Fsp3) is 0.278. The van der Waals surface area contributed by atoms with Gasteiger partial charge in [0.2, 0.25) is 4.77 Å². The third-order valence-corrected chi connectivity index (χ3v) is 4.75. The van der Waals surface area contributed by atoms with Gasteiger partial charge in [-0.1, -0.05) is 15.9 Å². The van der Waals surface area contributed by atoms with Gasteiger partial charge in [-0.15, -0.1) is 0 Å². The summed E-state index contributed by atoms with van der Waals surface area (Å²) in [4.78, 5) is 4.03. The highest BCUT2D eigenvalue weighted by atomic mass is 79.9. The van der Waals surface area contributed by atoms with Crippen LogP contribution in [0.1, 0.15) is 19.4 Å². The average Bonchev–Trinajstić information content (AvgIpc) is 3.02. The van der Waals surface area contributed by atoms with E-state index >= 15 is 0 Å². The fourth-order valence-electron chi connectivity index (χ4n) is 2.52. The number of hydrogen-bond acceptors (Lipinski definition) is 6. The molecule has 0 saturated carbocycles. The molecule has 0 fully saturated rings. The summed E-state index contributed by atoms with van der Waals surface area (Å²) < 4.78 is 14.4. The lowest BCUT2D eigenvalue weighted by atomic mass is 10.2. The molecule has 2 N–H and O–H groups in total. The number of aromatic amines is 1. The Kier molecular flexibility index (Phi) is 6.12. The van der Waals surface area contributed by atoms with Crippen molar-refractivity contribution in [2.24, 2.45) is 0 Å². The van der Waals surface area contributed by atoms with Crippen LogP contribution in [0.5, 0.6) is 11.5 Å². The predicted octanol–water partition coefficient (Wildman–Crippen LogP) is 4.30. The quantitative estimate of drug-likeness (QED) is 0.523. The van der Waals surface area contributed by atoms with Crippen LogP contribution in [0.4, 0.5) is 0 Å². The van der Waals surface area contributed by atoms with Gasteiger partial charge in [0, 0.05) is 22.4 Å². The minimum absolute atomic E-state index is 0.0574. The van der Waals surface area contributed by atoms with Crippen molar-refractivity contribution in [3.05, 3.63) is 51.5 Å². The van der Waals surface area contributed by atoms with E-state index < -0.39 is 0 Å². The van der Waals surface area contributed by atoms with E-state index in [4.69, 9.17) is 21.7 Å². The van der Waals surface area contributed by atoms with Crippen LogP contribution in [0.15, 0.2) is 41.1 Å². The Morgan fingerprint density at radius 2 is 2.00 bits per heavy atom. The maximum absolute atomic E-state index is 5.80. The first-order valence-electron chi connectivity index (χ1n) is 8.34. The van der Waals surface area contributed by atoms with Gasteiger partial charge in [-0.05, 0) is 55.9 Å². The van der Waals surface area contributed by atoms with Gasteiger partial charge in [0.05, 0.1) is 19.8 Å². The third-order valence-electron chi connectivity index (χ3n) is 3.73. The van der Waals surface area contributed by atoms with E-state index in [9.17, 15) is 0 Å². The number of aromatic nitrogens is 4. The topological polar surface area (TPSA) is 77.0 Å². The van der Waals surface area contributed by atoms with Gasteiger partial charge in [0.25, 0.3) is 0 Å². The molecular formula is C18H20BrN5O2S. The highest BCUT2D eigenvalue weighted by Gasteiger charge is 2.13. The molecule has 0 bridgehead atoms. The van der Waals surface area contributed by atoms with Crippen molar-refractivity contribution in [2.45, 2.75) is 26.5 Å². The summed E-state index contributed by atoms with van der Waals surface area (Å²) in [6.07, 6.45) is 3.49. The lowest BCUT2D eigenvalue weighted by molar-refractivity contribution is 0.230. The van der Waals surface area contributed by atoms with Crippen LogP contribution in [-0.4, -0.2) is 33.1 Å². The first-order chi connectivity index (χ1) is 13.0. The summed E-state index contributed by atoms with van der Waals surface area (Å²) in [5.74, 6) is 2.06. The number of rotatable bonds is 7. The molecule has 2 aromatic heterocycles. The van der Waals surface area contributed by atoms with Crippen LogP contribution in [0, 0.1) is 4.77 Å². The van der Waals surface area contributed by atoms with Crippen LogP contribution < -0.4 is 14.9 Å². The van der Waals surface area contributed by atoms with Crippen molar-refractivity contribution in [1.29, 1.82) is 0 Å². The maximum Gasteiger partial charge on any atom is 0.214 e. The second-order valence-corrected chi connectivity index (χ2v) is 7.26. The number of hydrogen-bond donors (Lipinski definition) is 2. The molecule has 3 rings (SSSR count). The van der Waals surface area contributed by atoms with Crippen LogP contribution >= 0.6 is 28.1 Å². The number of methoxy groups -OCH3 is 1. The van der Waals surface area contributed by atoms with Crippen molar-refractivity contribution >= 4 is 28.1 Å². The minimum Gasteiger partial charge on any atom is -0.493 e. The largest absolute Gasteiger partial charge is 0.493 e. The molecule has 0 radical (unpaired) electrons. The van der Waals surface area contributed by atoms with E-state index in [0.717, 1.165) is 15.6 Å². The lowest BCUT2D eigenvalue weighted by Crippen LogP contribution is -2.16. The molecule has 1 aromatic carbocycles. The molecule has 142 valence electrons. The zero-order chi connectivity index (χ0) is 19.4. The third kappa shape index (κ3) is 4.48. The predicted molar refractivity (Wildman–Crippen MR) is 110 cm³/mol. The Balaban J connectivity index is 1.86. The van der Waals surface area contributed by atoms with E-state index in [1.54, 1.807) is 24.2 Å². The number of ether oxygens (including phenoxy) is 2. The molecule has 3 aromatic rings. The number of H-pyrrole nitrogens is 1. The molecule has 9 heteroatoms. The van der Waals surface area contributed by atoms with Crippen LogP contribution in [0.25, 0.3) is 11.4 Å². The summed E-state index contributed by atoms with van der Waals surface area (Å²) in [6.45, 7) is 4.46. The first-order valence-corrected chi connectivity index (χ1v) is 9.54. The van der Waals surface area contributed by atoms with Crippen molar-refractivity contribution in [1.82, 2.24) is 19.9 Å². The van der Waals surface area contributed by atoms with Gasteiger partial charge in [0.15, 0.2) is 17.3 Å². The summed E-state index contributed by atoms with van der Waals surface area (Å²) in [5.41, 5.74) is 5.20. The van der Waals surface area contributed by atoms with E-state index in [1.165, 1.54) is 0 Å². The molecule has 0 atom stereocenters. The molecule has 0 aliphatic heterocycles. The number of nitrogens with zero attached hydrogens (tertiary/aromatic N) is 3. The molecule has 7 nitrogen and oxygen atoms in total. The Labute approximate surface area is 170 Å². The van der Waals surface area contributed by atoms with E-state index in [1.807, 2.05) is 38.1 Å². The summed E-state index contributed by atoms with van der Waals surface area (Å²) in [7, 11) is 1.63. The number of halogens is 1. The van der Waals surface area contributed by atoms with Crippen LogP contribution in [0.2, 0.25) is 0 Å². The Bertz CT molecular complexity index is 972. The number of benzene rings is 1. The molecule has 0 aliphatic carbocycles. The molecular weight excluding hydrogens is 430 g/mol. The van der Waals surface area contributed by atoms with E-state index in [-0.39, 0.29) is 6.10 Å². The standard InChI is InChI=1S/C18H20BrN5O2S/c1-11(2)26-16-9-14(19)13(8-15(16)25-3)10-21-24-17(22-23-18(24)27)12-4-6-20-7-5-12/h4-9,11,21H,10H2,1-3H3,(H,23,27). The summed E-state index contributed by atoms with van der Waals surface area (Å²) >= 11 is 8.95. The summed E-state index contributed by atoms with van der Waals surface area (Å²) in [5, 5.41) is 7.12. The smallest absolute Gasteiger partial charge is 0.214 e. The van der Waals surface area contributed by atoms with Gasteiger partial charge >= 0.3 is 0 Å². The minimum atomic E-state index is 0.0574. The Hall–Kier alpha value is -2.39. The molecule has 0 amide bonds. The van der Waals surface area contributed by atoms with Gasteiger partial charge in [0.1, 0.15) is 0 Å². The normalized spacial score (nSPS) is 10.9. The maximum atomic E-state index is 5.80. The van der Waals surface area contributed by atoms with Gasteiger partial charge in [-0.25, -0.2) is 9.77 Å². The van der Waals surface area contributed by atoms with E-state index in [0.29, 0.717) is 28.6 Å². The Morgan fingerprint density at radius 1 is 1.26 bits per heavy atom. The number of nitrogens with one attached hydrogen (secondary N) is 2. The first kappa shape index (κ1) is 19.4. The zero-order valence-electron chi connectivity index (χ0n) is 15.2. The van der Waals surface area contributed by atoms with Gasteiger partial charge in [-0.3, -0.25) is 4.98 Å². The molecule has 27 heavy (non-hydrogen) atoms. The van der Waals surface area contributed by atoms with Crippen LogP contribution in [0.3, 0.4) is 0 Å². The average molecular weight is 450 g/mol. The fourth-order valence-corrected chi connectivity index (χ4v) is 3.18. The SMILES string of the molecule is COc1cc(CNn2c(-c3ccncc3)n[nH]c2=S)c(Br)cc1OC(C)C. The monoisotopic (exact) mass is 449 g/mol. The van der Waals surface area contributed by atoms with Gasteiger partial charge in [-0.2, -0.15) is 5.10 Å². The second kappa shape index (κ2) is 8.53. The highest BCUT2D eigenvalue weighted by molar-refractivity contribution is 9.10. The van der Waals surface area contributed by atoms with Crippen molar-refractivity contribution in [3.63, 3.8) is 0 Å². The molecule has 0 spiro atoms. The van der Waals surface area contributed by atoms with Crippen molar-refractivity contribution in [3.8, 4) is 22.9 Å². The molecule has 0 saturated heterocycles. The molecule has 0 unspecified atom stereocenters. The lowest BCUT2D eigenvalue weighted by Gasteiger charge is -2.17. The van der Waals surface area contributed by atoms with E-state index in [2.05, 4.69) is 36.5 Å². The second-order valence-electron chi connectivity index (χ2n) is 6.02. The summed E-state index contributed by atoms with van der Waals surface area (Å²) in [6, 6.07) is 7.60. The zero-order valence-corrected chi connectivity index (χ0v) is 17.6.